The van der Waals surface area contributed by atoms with E-state index >= 15 is 0 Å². The van der Waals surface area contributed by atoms with E-state index in [0.717, 1.165) is 6.54 Å². The minimum absolute atomic E-state index is 0.573. The lowest BCUT2D eigenvalue weighted by Gasteiger charge is -2.10. The summed E-state index contributed by atoms with van der Waals surface area (Å²) < 4.78 is 2.19. The summed E-state index contributed by atoms with van der Waals surface area (Å²) in [5.41, 5.74) is 2.77. The molecule has 0 spiro atoms. The number of hydrogen-bond acceptors (Lipinski definition) is 1. The van der Waals surface area contributed by atoms with Crippen molar-refractivity contribution in [3.8, 4) is 0 Å². The highest BCUT2D eigenvalue weighted by Gasteiger charge is 2.16. The smallest absolute Gasteiger partial charge is 0.0481 e. The van der Waals surface area contributed by atoms with Crippen LogP contribution >= 0.6 is 0 Å². The Balaban J connectivity index is 2.08. The van der Waals surface area contributed by atoms with Crippen molar-refractivity contribution in [2.45, 2.75) is 18.9 Å². The number of nitrogens with one attached hydrogen (secondary N) is 1. The fourth-order valence-electron chi connectivity index (χ4n) is 2.47. The van der Waals surface area contributed by atoms with Crippen LogP contribution in [0.25, 0.3) is 10.9 Å². The molecule has 2 heteroatoms. The maximum atomic E-state index is 3.54. The van der Waals surface area contributed by atoms with E-state index in [1.807, 2.05) is 0 Å². The molecule has 1 saturated heterocycles. The van der Waals surface area contributed by atoms with Gasteiger partial charge in [0, 0.05) is 24.8 Å². The zero-order chi connectivity index (χ0) is 10.3. The van der Waals surface area contributed by atoms with Gasteiger partial charge in [0.15, 0.2) is 0 Å². The van der Waals surface area contributed by atoms with Crippen LogP contribution in [0.2, 0.25) is 0 Å². The minimum Gasteiger partial charge on any atom is -0.351 e. The Labute approximate surface area is 89.9 Å². The van der Waals surface area contributed by atoms with Crippen molar-refractivity contribution in [3.63, 3.8) is 0 Å². The number of nitrogens with zero attached hydrogens (tertiary/aromatic N) is 1. The molecule has 3 rings (SSSR count). The van der Waals surface area contributed by atoms with E-state index in [2.05, 4.69) is 47.4 Å². The number of benzene rings is 1. The van der Waals surface area contributed by atoms with Gasteiger partial charge in [0.05, 0.1) is 0 Å². The summed E-state index contributed by atoms with van der Waals surface area (Å²) in [4.78, 5) is 0. The molecular weight excluding hydrogens is 184 g/mol. The highest BCUT2D eigenvalue weighted by atomic mass is 14.9. The van der Waals surface area contributed by atoms with E-state index in [1.165, 1.54) is 29.3 Å². The number of fused-ring (bicyclic) bond motifs is 1. The Morgan fingerprint density at radius 3 is 3.07 bits per heavy atom. The Morgan fingerprint density at radius 1 is 1.33 bits per heavy atom. The second-order valence-corrected chi connectivity index (χ2v) is 4.39. The second-order valence-electron chi connectivity index (χ2n) is 4.39. The maximum absolute atomic E-state index is 3.54. The van der Waals surface area contributed by atoms with E-state index in [-0.39, 0.29) is 0 Å². The fraction of sp³-hybridized carbons (Fsp3) is 0.385. The van der Waals surface area contributed by atoms with E-state index in [9.17, 15) is 0 Å². The molecule has 1 aliphatic heterocycles. The molecule has 1 aromatic carbocycles. The quantitative estimate of drug-likeness (QED) is 0.748. The van der Waals surface area contributed by atoms with Crippen molar-refractivity contribution in [2.75, 3.05) is 6.54 Å². The van der Waals surface area contributed by atoms with Gasteiger partial charge in [-0.15, -0.1) is 0 Å². The van der Waals surface area contributed by atoms with Crippen molar-refractivity contribution < 1.29 is 0 Å². The molecule has 0 aliphatic carbocycles. The lowest BCUT2D eigenvalue weighted by Crippen LogP contribution is -2.12. The molecule has 15 heavy (non-hydrogen) atoms. The van der Waals surface area contributed by atoms with Gasteiger partial charge in [-0.3, -0.25) is 0 Å². The SMILES string of the molecule is Cn1ccc2ccc(C3CCCN3)cc21. The van der Waals surface area contributed by atoms with Gasteiger partial charge >= 0.3 is 0 Å². The summed E-state index contributed by atoms with van der Waals surface area (Å²) in [5, 5.41) is 4.87. The molecule has 2 heterocycles. The van der Waals surface area contributed by atoms with Crippen molar-refractivity contribution >= 4 is 10.9 Å². The van der Waals surface area contributed by atoms with Gasteiger partial charge in [-0.1, -0.05) is 12.1 Å². The van der Waals surface area contributed by atoms with Crippen LogP contribution in [0.4, 0.5) is 0 Å². The lowest BCUT2D eigenvalue weighted by atomic mass is 10.0. The normalized spacial score (nSPS) is 21.3. The van der Waals surface area contributed by atoms with Gasteiger partial charge in [0.2, 0.25) is 0 Å². The average Bonchev–Trinajstić information content (AvgIpc) is 2.88. The zero-order valence-corrected chi connectivity index (χ0v) is 9.03. The van der Waals surface area contributed by atoms with Crippen LogP contribution in [0.1, 0.15) is 24.4 Å². The van der Waals surface area contributed by atoms with Crippen molar-refractivity contribution in [1.82, 2.24) is 9.88 Å². The molecule has 0 amide bonds. The first-order valence-electron chi connectivity index (χ1n) is 5.63. The monoisotopic (exact) mass is 200 g/mol. The Bertz CT molecular complexity index is 478. The molecule has 78 valence electrons. The van der Waals surface area contributed by atoms with Crippen molar-refractivity contribution in [1.29, 1.82) is 0 Å². The summed E-state index contributed by atoms with van der Waals surface area (Å²) in [6, 6.07) is 9.54. The van der Waals surface area contributed by atoms with E-state index in [0.29, 0.717) is 6.04 Å². The standard InChI is InChI=1S/C13H16N2/c1-15-8-6-10-4-5-11(9-13(10)15)12-3-2-7-14-12/h4-6,8-9,12,14H,2-3,7H2,1H3. The molecule has 1 unspecified atom stereocenters. The molecule has 0 saturated carbocycles. The molecule has 2 aromatic rings. The first-order chi connectivity index (χ1) is 7.34. The minimum atomic E-state index is 0.573. The van der Waals surface area contributed by atoms with Gasteiger partial charge in [-0.25, -0.2) is 0 Å². The second kappa shape index (κ2) is 3.38. The molecular formula is C13H16N2. The summed E-state index contributed by atoms with van der Waals surface area (Å²) in [7, 11) is 2.11. The van der Waals surface area contributed by atoms with Crippen LogP contribution in [0.15, 0.2) is 30.5 Å². The van der Waals surface area contributed by atoms with E-state index in [1.54, 1.807) is 0 Å². The number of hydrogen-bond donors (Lipinski definition) is 1. The van der Waals surface area contributed by atoms with Crippen LogP contribution in [0.3, 0.4) is 0 Å². The molecule has 1 aliphatic rings. The summed E-state index contributed by atoms with van der Waals surface area (Å²) in [6.07, 6.45) is 4.70. The molecule has 1 fully saturated rings. The van der Waals surface area contributed by atoms with E-state index < -0.39 is 0 Å². The van der Waals surface area contributed by atoms with Gasteiger partial charge in [0.25, 0.3) is 0 Å². The highest BCUT2D eigenvalue weighted by Crippen LogP contribution is 2.26. The molecule has 0 bridgehead atoms. The van der Waals surface area contributed by atoms with Gasteiger partial charge in [-0.05, 0) is 42.5 Å². The zero-order valence-electron chi connectivity index (χ0n) is 9.03. The van der Waals surface area contributed by atoms with Crippen LogP contribution < -0.4 is 5.32 Å². The number of aromatic nitrogens is 1. The van der Waals surface area contributed by atoms with Crippen LogP contribution in [-0.4, -0.2) is 11.1 Å². The van der Waals surface area contributed by atoms with Gasteiger partial charge in [0.1, 0.15) is 0 Å². The maximum Gasteiger partial charge on any atom is 0.0481 e. The topological polar surface area (TPSA) is 17.0 Å². The molecule has 1 N–H and O–H groups in total. The van der Waals surface area contributed by atoms with Crippen molar-refractivity contribution in [2.24, 2.45) is 7.05 Å². The largest absolute Gasteiger partial charge is 0.351 e. The van der Waals surface area contributed by atoms with Crippen LogP contribution in [0, 0.1) is 0 Å². The summed E-state index contributed by atoms with van der Waals surface area (Å²) in [5.74, 6) is 0. The highest BCUT2D eigenvalue weighted by molar-refractivity contribution is 5.80. The number of aryl methyl sites for hydroxylation is 1. The first kappa shape index (κ1) is 8.98. The average molecular weight is 200 g/mol. The van der Waals surface area contributed by atoms with E-state index in [4.69, 9.17) is 0 Å². The lowest BCUT2D eigenvalue weighted by molar-refractivity contribution is 0.648. The predicted octanol–water partition coefficient (Wildman–Crippen LogP) is 2.60. The first-order valence-corrected chi connectivity index (χ1v) is 5.63. The number of rotatable bonds is 1. The van der Waals surface area contributed by atoms with Gasteiger partial charge < -0.3 is 9.88 Å². The van der Waals surface area contributed by atoms with Crippen molar-refractivity contribution in [3.05, 3.63) is 36.0 Å². The molecule has 0 radical (unpaired) electrons. The third-order valence-corrected chi connectivity index (χ3v) is 3.37. The predicted molar refractivity (Wildman–Crippen MR) is 62.9 cm³/mol. The Morgan fingerprint density at radius 2 is 2.27 bits per heavy atom. The van der Waals surface area contributed by atoms with Crippen LogP contribution in [0.5, 0.6) is 0 Å². The molecule has 2 nitrogen and oxygen atoms in total. The third kappa shape index (κ3) is 1.45. The third-order valence-electron chi connectivity index (χ3n) is 3.37. The molecule has 1 aromatic heterocycles. The Kier molecular flexibility index (Phi) is 2.03. The Hall–Kier alpha value is -1.28. The summed E-state index contributed by atoms with van der Waals surface area (Å²) in [6.45, 7) is 1.16. The fourth-order valence-corrected chi connectivity index (χ4v) is 2.47. The van der Waals surface area contributed by atoms with Gasteiger partial charge in [-0.2, -0.15) is 0 Å². The summed E-state index contributed by atoms with van der Waals surface area (Å²) >= 11 is 0. The molecule has 1 atom stereocenters. The van der Waals surface area contributed by atoms with Crippen LogP contribution in [-0.2, 0) is 7.05 Å².